The van der Waals surface area contributed by atoms with Gasteiger partial charge in [0.1, 0.15) is 0 Å². The second-order valence-corrected chi connectivity index (χ2v) is 6.05. The van der Waals surface area contributed by atoms with Gasteiger partial charge in [0.05, 0.1) is 0 Å². The van der Waals surface area contributed by atoms with Crippen LogP contribution in [-0.4, -0.2) is 22.4 Å². The fraction of sp³-hybridized carbons (Fsp3) is 1.00. The van der Waals surface area contributed by atoms with Gasteiger partial charge in [0.25, 0.3) is 0 Å². The van der Waals surface area contributed by atoms with E-state index in [1.54, 1.807) is 5.06 Å². The largest absolute Gasteiger partial charge is 0.313 e. The summed E-state index contributed by atoms with van der Waals surface area (Å²) in [5, 5.41) is 12.0. The minimum Gasteiger partial charge on any atom is -0.313 e. The summed E-state index contributed by atoms with van der Waals surface area (Å²) in [5.74, 6) is 2.51. The summed E-state index contributed by atoms with van der Waals surface area (Å²) < 4.78 is 0. The van der Waals surface area contributed by atoms with Crippen LogP contribution in [0.15, 0.2) is 0 Å². The zero-order chi connectivity index (χ0) is 12.4. The van der Waals surface area contributed by atoms with Crippen molar-refractivity contribution in [2.24, 2.45) is 17.8 Å². The van der Waals surface area contributed by atoms with Gasteiger partial charge < -0.3 is 5.21 Å². The maximum Gasteiger partial charge on any atom is 0.0385 e. The highest BCUT2D eigenvalue weighted by Gasteiger charge is 2.50. The van der Waals surface area contributed by atoms with Gasteiger partial charge in [-0.1, -0.05) is 33.6 Å². The molecular weight excluding hydrogens is 210 g/mol. The third-order valence-corrected chi connectivity index (χ3v) is 5.14. The highest BCUT2D eigenvalue weighted by molar-refractivity contribution is 5.00. The van der Waals surface area contributed by atoms with Gasteiger partial charge in [-0.15, -0.1) is 0 Å². The highest BCUT2D eigenvalue weighted by atomic mass is 16.5. The maximum absolute atomic E-state index is 10.2. The molecule has 2 aliphatic carbocycles. The SMILES string of the molecule is CC.CC1CCC2C(C1)C1CCCCC1N2O. The minimum absolute atomic E-state index is 0.509. The van der Waals surface area contributed by atoms with Crippen LogP contribution < -0.4 is 0 Å². The summed E-state index contributed by atoms with van der Waals surface area (Å²) in [4.78, 5) is 0. The zero-order valence-electron chi connectivity index (χ0n) is 11.7. The zero-order valence-corrected chi connectivity index (χ0v) is 11.7. The Hall–Kier alpha value is -0.0800. The van der Waals surface area contributed by atoms with Gasteiger partial charge in [0, 0.05) is 12.1 Å². The topological polar surface area (TPSA) is 23.5 Å². The molecule has 0 aromatic rings. The van der Waals surface area contributed by atoms with Crippen molar-refractivity contribution in [3.8, 4) is 0 Å². The molecule has 0 amide bonds. The van der Waals surface area contributed by atoms with Gasteiger partial charge >= 0.3 is 0 Å². The third-order valence-electron chi connectivity index (χ3n) is 5.14. The second-order valence-electron chi connectivity index (χ2n) is 6.05. The van der Waals surface area contributed by atoms with Gasteiger partial charge in [-0.25, -0.2) is 0 Å². The Kier molecular flexibility index (Phi) is 4.48. The van der Waals surface area contributed by atoms with Gasteiger partial charge in [0.2, 0.25) is 0 Å². The summed E-state index contributed by atoms with van der Waals surface area (Å²) in [6.07, 6.45) is 9.24. The molecule has 0 aromatic carbocycles. The molecule has 1 saturated heterocycles. The Labute approximate surface area is 106 Å². The number of fused-ring (bicyclic) bond motifs is 3. The van der Waals surface area contributed by atoms with Crippen LogP contribution in [0, 0.1) is 17.8 Å². The van der Waals surface area contributed by atoms with E-state index < -0.39 is 0 Å². The minimum atomic E-state index is 0.509. The van der Waals surface area contributed by atoms with E-state index in [0.717, 1.165) is 17.8 Å². The van der Waals surface area contributed by atoms with E-state index in [0.29, 0.717) is 12.1 Å². The molecule has 2 nitrogen and oxygen atoms in total. The maximum atomic E-state index is 10.2. The van der Waals surface area contributed by atoms with Crippen LogP contribution in [0.3, 0.4) is 0 Å². The Morgan fingerprint density at radius 2 is 1.53 bits per heavy atom. The Morgan fingerprint density at radius 3 is 2.29 bits per heavy atom. The van der Waals surface area contributed by atoms with Crippen molar-refractivity contribution in [3.05, 3.63) is 0 Å². The van der Waals surface area contributed by atoms with Crippen molar-refractivity contribution in [3.63, 3.8) is 0 Å². The molecule has 1 N–H and O–H groups in total. The molecule has 1 aliphatic heterocycles. The molecule has 3 fully saturated rings. The van der Waals surface area contributed by atoms with Crippen LogP contribution in [-0.2, 0) is 0 Å². The van der Waals surface area contributed by atoms with Crippen LogP contribution >= 0.6 is 0 Å². The fourth-order valence-corrected chi connectivity index (χ4v) is 4.41. The average molecular weight is 239 g/mol. The van der Waals surface area contributed by atoms with Gasteiger partial charge in [-0.2, -0.15) is 5.06 Å². The van der Waals surface area contributed by atoms with E-state index in [1.165, 1.54) is 44.9 Å². The van der Waals surface area contributed by atoms with Crippen LogP contribution in [0.4, 0.5) is 0 Å². The number of rotatable bonds is 0. The van der Waals surface area contributed by atoms with Crippen LogP contribution in [0.2, 0.25) is 0 Å². The van der Waals surface area contributed by atoms with Crippen LogP contribution in [0.5, 0.6) is 0 Å². The molecule has 5 atom stereocenters. The summed E-state index contributed by atoms with van der Waals surface area (Å²) in [6.45, 7) is 6.38. The van der Waals surface area contributed by atoms with Crippen molar-refractivity contribution in [1.82, 2.24) is 5.06 Å². The van der Waals surface area contributed by atoms with E-state index in [9.17, 15) is 5.21 Å². The molecule has 1 heterocycles. The van der Waals surface area contributed by atoms with E-state index in [-0.39, 0.29) is 0 Å². The number of hydroxylamine groups is 2. The molecule has 0 radical (unpaired) electrons. The van der Waals surface area contributed by atoms with Gasteiger partial charge in [0.15, 0.2) is 0 Å². The Morgan fingerprint density at radius 1 is 0.882 bits per heavy atom. The second kappa shape index (κ2) is 5.71. The first-order valence-corrected chi connectivity index (χ1v) is 7.74. The first kappa shape index (κ1) is 13.4. The lowest BCUT2D eigenvalue weighted by Gasteiger charge is -2.33. The molecule has 0 spiro atoms. The van der Waals surface area contributed by atoms with Crippen molar-refractivity contribution in [1.29, 1.82) is 0 Å². The number of hydrogen-bond donors (Lipinski definition) is 1. The number of nitrogens with zero attached hydrogens (tertiary/aromatic N) is 1. The average Bonchev–Trinajstić information content (AvgIpc) is 2.66. The fourth-order valence-electron chi connectivity index (χ4n) is 4.41. The van der Waals surface area contributed by atoms with Crippen molar-refractivity contribution < 1.29 is 5.21 Å². The third kappa shape index (κ3) is 2.39. The predicted molar refractivity (Wildman–Crippen MR) is 71.0 cm³/mol. The van der Waals surface area contributed by atoms with Crippen molar-refractivity contribution >= 4 is 0 Å². The van der Waals surface area contributed by atoms with E-state index in [2.05, 4.69) is 6.92 Å². The van der Waals surface area contributed by atoms with Gasteiger partial charge in [-0.3, -0.25) is 0 Å². The van der Waals surface area contributed by atoms with E-state index in [4.69, 9.17) is 0 Å². The molecule has 100 valence electrons. The van der Waals surface area contributed by atoms with Gasteiger partial charge in [-0.05, 0) is 49.9 Å². The van der Waals surface area contributed by atoms with Crippen LogP contribution in [0.1, 0.15) is 65.7 Å². The lowest BCUT2D eigenvalue weighted by molar-refractivity contribution is -0.149. The summed E-state index contributed by atoms with van der Waals surface area (Å²) in [7, 11) is 0. The van der Waals surface area contributed by atoms with E-state index in [1.807, 2.05) is 13.8 Å². The monoisotopic (exact) mass is 239 g/mol. The molecule has 0 bridgehead atoms. The predicted octanol–water partition coefficient (Wildman–Crippen LogP) is 4.08. The summed E-state index contributed by atoms with van der Waals surface area (Å²) in [5.41, 5.74) is 0. The van der Waals surface area contributed by atoms with Crippen LogP contribution in [0.25, 0.3) is 0 Å². The summed E-state index contributed by atoms with van der Waals surface area (Å²) >= 11 is 0. The van der Waals surface area contributed by atoms with Crippen molar-refractivity contribution in [2.45, 2.75) is 77.8 Å². The molecular formula is C15H29NO. The molecule has 3 aliphatic rings. The smallest absolute Gasteiger partial charge is 0.0385 e. The molecule has 3 rings (SSSR count). The molecule has 2 saturated carbocycles. The molecule has 2 heteroatoms. The highest BCUT2D eigenvalue weighted by Crippen LogP contribution is 2.49. The van der Waals surface area contributed by atoms with Crippen molar-refractivity contribution in [2.75, 3.05) is 0 Å². The summed E-state index contributed by atoms with van der Waals surface area (Å²) in [6, 6.07) is 1.02. The Bertz CT molecular complexity index is 243. The molecule has 17 heavy (non-hydrogen) atoms. The van der Waals surface area contributed by atoms with E-state index >= 15 is 0 Å². The standard InChI is InChI=1S/C13H23NO.C2H6/c1-9-6-7-13-11(8-9)10-4-2-3-5-12(10)14(13)15;1-2/h9-13,15H,2-8H2,1H3;1-2H3. The normalized spacial score (nSPS) is 45.5. The first-order valence-electron chi connectivity index (χ1n) is 7.74. The lowest BCUT2D eigenvalue weighted by Crippen LogP contribution is -2.37. The molecule has 0 aromatic heterocycles. The first-order chi connectivity index (χ1) is 8.27. The Balaban J connectivity index is 0.000000514. The quantitative estimate of drug-likeness (QED) is 0.688. The number of hydrogen-bond acceptors (Lipinski definition) is 2. The lowest BCUT2D eigenvalue weighted by atomic mass is 9.71. The molecule has 5 unspecified atom stereocenters.